The molecule has 4 nitrogen and oxygen atoms in total. The molecule has 0 radical (unpaired) electrons. The third-order valence-corrected chi connectivity index (χ3v) is 1.43. The molecule has 0 aliphatic carbocycles. The fraction of sp³-hybridized carbons (Fsp3) is 0.167. The summed E-state index contributed by atoms with van der Waals surface area (Å²) in [5.74, 6) is 0. The fourth-order valence-corrected chi connectivity index (χ4v) is 0.936. The summed E-state index contributed by atoms with van der Waals surface area (Å²) >= 11 is 0. The van der Waals surface area contributed by atoms with Gasteiger partial charge in [-0.1, -0.05) is 4.98 Å². The molecule has 5 heteroatoms. The Morgan fingerprint density at radius 3 is 3.09 bits per heavy atom. The number of H-pyrrole nitrogens is 1. The molecule has 0 amide bonds. The van der Waals surface area contributed by atoms with Gasteiger partial charge in [-0.05, 0) is 0 Å². The van der Waals surface area contributed by atoms with Crippen LogP contribution in [0, 0.1) is 0 Å². The Hall–Kier alpha value is -0.720. The summed E-state index contributed by atoms with van der Waals surface area (Å²) < 4.78 is 1.87. The average Bonchev–Trinajstić information content (AvgIpc) is 2.36. The Morgan fingerprint density at radius 2 is 2.36 bits per heavy atom. The van der Waals surface area contributed by atoms with E-state index in [-0.39, 0.29) is 24.0 Å². The van der Waals surface area contributed by atoms with E-state index in [1.54, 1.807) is 18.9 Å². The number of aromatic nitrogens is 4. The maximum Gasteiger partial charge on any atom is 0.290 e. The topological polar surface area (TPSA) is 45.5 Å². The van der Waals surface area contributed by atoms with Gasteiger partial charge < -0.3 is 29.0 Å². The van der Waals surface area contributed by atoms with Crippen LogP contribution in [0.4, 0.5) is 0 Å². The first-order chi connectivity index (χ1) is 4.88. The molecule has 0 saturated carbocycles. The monoisotopic (exact) mass is 262 g/mol. The molecular formula is C6H7IN4. The van der Waals surface area contributed by atoms with Crippen LogP contribution in [0.3, 0.4) is 0 Å². The van der Waals surface area contributed by atoms with Crippen molar-refractivity contribution in [3.63, 3.8) is 0 Å². The van der Waals surface area contributed by atoms with Crippen molar-refractivity contribution >= 4 is 11.2 Å². The number of rotatable bonds is 0. The number of imidazole rings is 1. The minimum absolute atomic E-state index is 0. The largest absolute Gasteiger partial charge is 1.00 e. The van der Waals surface area contributed by atoms with E-state index in [1.807, 2.05) is 11.6 Å². The summed E-state index contributed by atoms with van der Waals surface area (Å²) in [6.07, 6.45) is 5.14. The molecule has 0 bridgehead atoms. The highest BCUT2D eigenvalue weighted by Crippen LogP contribution is 1.97. The smallest absolute Gasteiger partial charge is 0.290 e. The minimum atomic E-state index is 0. The first kappa shape index (κ1) is 8.38. The Bertz CT molecular complexity index is 356. The molecule has 2 heterocycles. The zero-order valence-corrected chi connectivity index (χ0v) is 8.11. The second kappa shape index (κ2) is 3.12. The second-order valence-electron chi connectivity index (χ2n) is 2.14. The highest BCUT2D eigenvalue weighted by molar-refractivity contribution is 5.64. The van der Waals surface area contributed by atoms with Crippen LogP contribution in [-0.4, -0.2) is 15.0 Å². The molecular weight excluding hydrogens is 255 g/mol. The molecule has 1 N–H and O–H groups in total. The molecule has 0 atom stereocenters. The number of hydrogen-bond acceptors (Lipinski definition) is 2. The summed E-state index contributed by atoms with van der Waals surface area (Å²) in [7, 11) is 1.91. The molecule has 0 unspecified atom stereocenters. The lowest BCUT2D eigenvalue weighted by molar-refractivity contribution is -0.649. The third kappa shape index (κ3) is 1.32. The van der Waals surface area contributed by atoms with Crippen molar-refractivity contribution in [1.82, 2.24) is 15.0 Å². The molecule has 2 aromatic heterocycles. The summed E-state index contributed by atoms with van der Waals surface area (Å²) in [4.78, 5) is 11.0. The van der Waals surface area contributed by atoms with Crippen LogP contribution in [-0.2, 0) is 7.05 Å². The lowest BCUT2D eigenvalue weighted by Crippen LogP contribution is -3.00. The van der Waals surface area contributed by atoms with E-state index in [0.717, 1.165) is 11.2 Å². The average molecular weight is 262 g/mol. The van der Waals surface area contributed by atoms with Gasteiger partial charge in [-0.2, -0.15) is 0 Å². The van der Waals surface area contributed by atoms with Crippen LogP contribution in [0.1, 0.15) is 0 Å². The summed E-state index contributed by atoms with van der Waals surface area (Å²) in [6.45, 7) is 0. The molecule has 0 aliphatic rings. The van der Waals surface area contributed by atoms with Crippen LogP contribution in [0.5, 0.6) is 0 Å². The van der Waals surface area contributed by atoms with Gasteiger partial charge in [0.15, 0.2) is 11.8 Å². The lowest BCUT2D eigenvalue weighted by atomic mass is 10.5. The van der Waals surface area contributed by atoms with Crippen molar-refractivity contribution in [2.24, 2.45) is 7.05 Å². The van der Waals surface area contributed by atoms with Crippen LogP contribution in [0.2, 0.25) is 0 Å². The quantitative estimate of drug-likeness (QED) is 0.401. The molecule has 2 aromatic rings. The molecule has 58 valence electrons. The highest BCUT2D eigenvalue weighted by Gasteiger charge is 2.03. The summed E-state index contributed by atoms with van der Waals surface area (Å²) in [5.41, 5.74) is 1.89. The van der Waals surface area contributed by atoms with Crippen LogP contribution >= 0.6 is 0 Å². The molecule has 0 fully saturated rings. The standard InChI is InChI=1S/C6H6N4.HI/c1-10-4-7-2-5-6(10)9-3-8-5;/h2-4H,1H3;1H. The molecule has 0 aromatic carbocycles. The van der Waals surface area contributed by atoms with E-state index in [1.165, 1.54) is 0 Å². The van der Waals surface area contributed by atoms with Crippen molar-refractivity contribution in [1.29, 1.82) is 0 Å². The van der Waals surface area contributed by atoms with Crippen LogP contribution in [0.25, 0.3) is 11.2 Å². The number of hydrogen-bond donors (Lipinski definition) is 1. The van der Waals surface area contributed by atoms with Gasteiger partial charge in [0.2, 0.25) is 6.33 Å². The van der Waals surface area contributed by atoms with Crippen molar-refractivity contribution in [2.45, 2.75) is 0 Å². The maximum absolute atomic E-state index is 4.09. The number of nitrogens with zero attached hydrogens (tertiary/aromatic N) is 3. The molecule has 0 saturated heterocycles. The van der Waals surface area contributed by atoms with Crippen molar-refractivity contribution in [3.05, 3.63) is 18.9 Å². The van der Waals surface area contributed by atoms with Gasteiger partial charge in [-0.25, -0.2) is 4.57 Å². The van der Waals surface area contributed by atoms with Gasteiger partial charge in [0.05, 0.1) is 7.05 Å². The number of halogens is 1. The van der Waals surface area contributed by atoms with E-state index in [0.29, 0.717) is 0 Å². The predicted molar refractivity (Wildman–Crippen MR) is 35.1 cm³/mol. The van der Waals surface area contributed by atoms with Crippen molar-refractivity contribution < 1.29 is 28.5 Å². The SMILES string of the molecule is C[n+]1cncc2[nH]cnc21.[I-]. The van der Waals surface area contributed by atoms with E-state index >= 15 is 0 Å². The number of nitrogens with one attached hydrogen (secondary N) is 1. The summed E-state index contributed by atoms with van der Waals surface area (Å²) in [6, 6.07) is 0. The van der Waals surface area contributed by atoms with Crippen molar-refractivity contribution in [3.8, 4) is 0 Å². The maximum atomic E-state index is 4.09. The Balaban J connectivity index is 0.000000605. The van der Waals surface area contributed by atoms with Crippen LogP contribution < -0.4 is 28.5 Å². The first-order valence-electron chi connectivity index (χ1n) is 3.00. The van der Waals surface area contributed by atoms with Gasteiger partial charge in [0.25, 0.3) is 5.65 Å². The first-order valence-corrected chi connectivity index (χ1v) is 3.00. The van der Waals surface area contributed by atoms with Gasteiger partial charge in [-0.3, -0.25) is 0 Å². The normalized spacial score (nSPS) is 9.55. The fourth-order valence-electron chi connectivity index (χ4n) is 0.936. The number of aromatic amines is 1. The van der Waals surface area contributed by atoms with E-state index in [2.05, 4.69) is 15.0 Å². The van der Waals surface area contributed by atoms with Gasteiger partial charge in [-0.15, -0.1) is 4.98 Å². The minimum Gasteiger partial charge on any atom is -1.00 e. The lowest BCUT2D eigenvalue weighted by Gasteiger charge is -1.85. The van der Waals surface area contributed by atoms with Crippen molar-refractivity contribution in [2.75, 3.05) is 0 Å². The molecule has 2 rings (SSSR count). The van der Waals surface area contributed by atoms with Gasteiger partial charge in [0.1, 0.15) is 6.20 Å². The zero-order valence-electron chi connectivity index (χ0n) is 5.95. The third-order valence-electron chi connectivity index (χ3n) is 1.43. The molecule has 0 aliphatic heterocycles. The second-order valence-corrected chi connectivity index (χ2v) is 2.14. The summed E-state index contributed by atoms with van der Waals surface area (Å²) in [5, 5.41) is 0. The number of aryl methyl sites for hydroxylation is 1. The number of fused-ring (bicyclic) bond motifs is 1. The van der Waals surface area contributed by atoms with E-state index in [9.17, 15) is 0 Å². The van der Waals surface area contributed by atoms with Crippen LogP contribution in [0.15, 0.2) is 18.9 Å². The van der Waals surface area contributed by atoms with Gasteiger partial charge in [0, 0.05) is 0 Å². The van der Waals surface area contributed by atoms with E-state index in [4.69, 9.17) is 0 Å². The predicted octanol–water partition coefficient (Wildman–Crippen LogP) is -3.21. The Morgan fingerprint density at radius 1 is 1.55 bits per heavy atom. The molecule has 0 spiro atoms. The van der Waals surface area contributed by atoms with Gasteiger partial charge >= 0.3 is 0 Å². The Labute approximate surface area is 80.7 Å². The molecule has 11 heavy (non-hydrogen) atoms. The zero-order chi connectivity index (χ0) is 6.97. The van der Waals surface area contributed by atoms with E-state index < -0.39 is 0 Å². The Kier molecular flexibility index (Phi) is 2.38. The highest BCUT2D eigenvalue weighted by atomic mass is 127.